The van der Waals surface area contributed by atoms with Crippen molar-refractivity contribution in [2.24, 2.45) is 14.1 Å². The molecule has 4 heterocycles. The monoisotopic (exact) mass is 407 g/mol. The number of aromatic nitrogens is 4. The van der Waals surface area contributed by atoms with Crippen molar-refractivity contribution < 1.29 is 0 Å². The third-order valence-corrected chi connectivity index (χ3v) is 6.62. The molecule has 1 unspecified atom stereocenters. The van der Waals surface area contributed by atoms with Crippen LogP contribution in [0.4, 0.5) is 0 Å². The Hall–Kier alpha value is -2.97. The summed E-state index contributed by atoms with van der Waals surface area (Å²) in [6.07, 6.45) is 0. The highest BCUT2D eigenvalue weighted by molar-refractivity contribution is 7.09. The predicted molar refractivity (Wildman–Crippen MR) is 115 cm³/mol. The molecule has 4 aromatic rings. The molecule has 5 rings (SSSR count). The fourth-order valence-electron chi connectivity index (χ4n) is 4.29. The van der Waals surface area contributed by atoms with E-state index >= 15 is 0 Å². The van der Waals surface area contributed by atoms with E-state index in [1.165, 1.54) is 11.6 Å². The summed E-state index contributed by atoms with van der Waals surface area (Å²) >= 11 is 1.59. The standard InChI is InChI=1S/C21H21N5O2S/c1-12-11-29-19(23-12)15-18-17-14(20(27)25(3)21(28)24(17)2)16(26(18)10-9-22-15)13-7-5-4-6-8-13/h4-8,11,15,22H,9-10H2,1-3H3. The van der Waals surface area contributed by atoms with E-state index in [1.54, 1.807) is 23.0 Å². The van der Waals surface area contributed by atoms with Crippen LogP contribution >= 0.6 is 11.3 Å². The van der Waals surface area contributed by atoms with E-state index in [0.29, 0.717) is 17.4 Å². The maximum Gasteiger partial charge on any atom is 0.331 e. The summed E-state index contributed by atoms with van der Waals surface area (Å²) in [4.78, 5) is 30.7. The minimum absolute atomic E-state index is 0.167. The largest absolute Gasteiger partial charge is 0.339 e. The van der Waals surface area contributed by atoms with Gasteiger partial charge in [-0.1, -0.05) is 30.3 Å². The van der Waals surface area contributed by atoms with Gasteiger partial charge >= 0.3 is 5.69 Å². The van der Waals surface area contributed by atoms with E-state index < -0.39 is 0 Å². The highest BCUT2D eigenvalue weighted by atomic mass is 32.1. The molecule has 29 heavy (non-hydrogen) atoms. The van der Waals surface area contributed by atoms with Crippen LogP contribution in [0.3, 0.4) is 0 Å². The first-order valence-electron chi connectivity index (χ1n) is 9.52. The van der Waals surface area contributed by atoms with Gasteiger partial charge in [0.2, 0.25) is 0 Å². The molecule has 0 radical (unpaired) electrons. The van der Waals surface area contributed by atoms with Gasteiger partial charge in [0.25, 0.3) is 5.56 Å². The minimum Gasteiger partial charge on any atom is -0.339 e. The van der Waals surface area contributed by atoms with Crippen LogP contribution in [0.1, 0.15) is 22.4 Å². The number of thiazole rings is 1. The molecule has 0 spiro atoms. The topological polar surface area (TPSA) is 73.8 Å². The van der Waals surface area contributed by atoms with Crippen LogP contribution in [0.25, 0.3) is 22.2 Å². The third-order valence-electron chi connectivity index (χ3n) is 5.59. The van der Waals surface area contributed by atoms with Crippen molar-refractivity contribution in [2.45, 2.75) is 19.5 Å². The van der Waals surface area contributed by atoms with Gasteiger partial charge < -0.3 is 9.88 Å². The average molecular weight is 407 g/mol. The summed E-state index contributed by atoms with van der Waals surface area (Å²) in [5.41, 5.74) is 3.82. The Labute approximate surface area is 170 Å². The summed E-state index contributed by atoms with van der Waals surface area (Å²) in [5.74, 6) is 0. The van der Waals surface area contributed by atoms with Crippen molar-refractivity contribution >= 4 is 22.2 Å². The maximum absolute atomic E-state index is 13.3. The molecule has 1 atom stereocenters. The van der Waals surface area contributed by atoms with Crippen LogP contribution in [0.5, 0.6) is 0 Å². The Morgan fingerprint density at radius 2 is 1.90 bits per heavy atom. The highest BCUT2D eigenvalue weighted by Gasteiger charge is 2.33. The molecule has 7 nitrogen and oxygen atoms in total. The van der Waals surface area contributed by atoms with Crippen LogP contribution in [0, 0.1) is 6.92 Å². The lowest BCUT2D eigenvalue weighted by Crippen LogP contribution is -2.38. The number of aryl methyl sites for hydroxylation is 2. The number of hydrogen-bond donors (Lipinski definition) is 1. The Morgan fingerprint density at radius 1 is 1.14 bits per heavy atom. The molecule has 0 bridgehead atoms. The highest BCUT2D eigenvalue weighted by Crippen LogP contribution is 2.38. The zero-order valence-corrected chi connectivity index (χ0v) is 17.3. The fraction of sp³-hybridized carbons (Fsp3) is 0.286. The Balaban J connectivity index is 1.97. The summed E-state index contributed by atoms with van der Waals surface area (Å²) < 4.78 is 4.98. The molecule has 0 aliphatic carbocycles. The van der Waals surface area contributed by atoms with Gasteiger partial charge in [-0.05, 0) is 12.5 Å². The van der Waals surface area contributed by atoms with Crippen molar-refractivity contribution in [2.75, 3.05) is 6.54 Å². The molecule has 0 amide bonds. The summed E-state index contributed by atoms with van der Waals surface area (Å²) in [5, 5.41) is 7.09. The molecular weight excluding hydrogens is 386 g/mol. The molecule has 1 aliphatic rings. The second kappa shape index (κ2) is 6.53. The van der Waals surface area contributed by atoms with E-state index in [9.17, 15) is 9.59 Å². The Bertz CT molecular complexity index is 1360. The summed E-state index contributed by atoms with van der Waals surface area (Å²) in [6.45, 7) is 3.44. The van der Waals surface area contributed by atoms with Gasteiger partial charge in [-0.25, -0.2) is 9.78 Å². The number of nitrogens with zero attached hydrogens (tertiary/aromatic N) is 4. The van der Waals surface area contributed by atoms with Crippen molar-refractivity contribution in [3.05, 3.63) is 72.9 Å². The maximum atomic E-state index is 13.3. The van der Waals surface area contributed by atoms with Crippen LogP contribution < -0.4 is 16.6 Å². The van der Waals surface area contributed by atoms with Crippen LogP contribution in [0.15, 0.2) is 45.3 Å². The molecule has 3 aromatic heterocycles. The number of fused-ring (bicyclic) bond motifs is 3. The Morgan fingerprint density at radius 3 is 2.59 bits per heavy atom. The van der Waals surface area contributed by atoms with Gasteiger partial charge in [-0.2, -0.15) is 0 Å². The first kappa shape index (κ1) is 18.1. The third kappa shape index (κ3) is 2.56. The zero-order valence-electron chi connectivity index (χ0n) is 16.5. The quantitative estimate of drug-likeness (QED) is 0.553. The Kier molecular flexibility index (Phi) is 4.07. The lowest BCUT2D eigenvalue weighted by atomic mass is 10.1. The predicted octanol–water partition coefficient (Wildman–Crippen LogP) is 2.16. The number of benzene rings is 1. The van der Waals surface area contributed by atoms with Crippen LogP contribution in [-0.2, 0) is 20.6 Å². The molecule has 0 saturated carbocycles. The lowest BCUT2D eigenvalue weighted by Gasteiger charge is -2.27. The first-order chi connectivity index (χ1) is 14.0. The van der Waals surface area contributed by atoms with Gasteiger partial charge in [0.15, 0.2) is 0 Å². The molecule has 1 aliphatic heterocycles. The molecule has 148 valence electrons. The van der Waals surface area contributed by atoms with Crippen molar-refractivity contribution in [1.29, 1.82) is 0 Å². The summed E-state index contributed by atoms with van der Waals surface area (Å²) in [7, 11) is 3.27. The lowest BCUT2D eigenvalue weighted by molar-refractivity contribution is 0.470. The minimum atomic E-state index is -0.324. The summed E-state index contributed by atoms with van der Waals surface area (Å²) in [6, 6.07) is 9.75. The second-order valence-electron chi connectivity index (χ2n) is 7.40. The number of rotatable bonds is 2. The van der Waals surface area contributed by atoms with Crippen LogP contribution in [0.2, 0.25) is 0 Å². The van der Waals surface area contributed by atoms with Gasteiger partial charge in [-0.15, -0.1) is 11.3 Å². The van der Waals surface area contributed by atoms with E-state index in [1.807, 2.05) is 42.6 Å². The fourth-order valence-corrected chi connectivity index (χ4v) is 5.16. The molecule has 0 fully saturated rings. The van der Waals surface area contributed by atoms with Crippen molar-refractivity contribution in [1.82, 2.24) is 24.0 Å². The van der Waals surface area contributed by atoms with E-state index in [4.69, 9.17) is 0 Å². The van der Waals surface area contributed by atoms with Gasteiger partial charge in [0.1, 0.15) is 11.0 Å². The molecule has 1 N–H and O–H groups in total. The smallest absolute Gasteiger partial charge is 0.331 e. The van der Waals surface area contributed by atoms with Crippen molar-refractivity contribution in [3.63, 3.8) is 0 Å². The average Bonchev–Trinajstić information content (AvgIpc) is 3.32. The zero-order chi connectivity index (χ0) is 20.3. The normalized spacial score (nSPS) is 16.3. The molecule has 1 aromatic carbocycles. The first-order valence-corrected chi connectivity index (χ1v) is 10.4. The number of nitrogens with one attached hydrogen (secondary N) is 1. The van der Waals surface area contributed by atoms with E-state index in [2.05, 4.69) is 14.9 Å². The van der Waals surface area contributed by atoms with Gasteiger partial charge in [0.05, 0.1) is 22.3 Å². The van der Waals surface area contributed by atoms with Crippen LogP contribution in [-0.4, -0.2) is 25.2 Å². The van der Waals surface area contributed by atoms with E-state index in [0.717, 1.165) is 34.2 Å². The second-order valence-corrected chi connectivity index (χ2v) is 8.28. The molecule has 0 saturated heterocycles. The van der Waals surface area contributed by atoms with E-state index in [-0.39, 0.29) is 17.3 Å². The molecule has 8 heteroatoms. The van der Waals surface area contributed by atoms with Gasteiger partial charge in [0, 0.05) is 38.3 Å². The number of hydrogen-bond acceptors (Lipinski definition) is 5. The van der Waals surface area contributed by atoms with Gasteiger partial charge in [-0.3, -0.25) is 13.9 Å². The molecular formula is C21H21N5O2S. The van der Waals surface area contributed by atoms with Crippen molar-refractivity contribution in [3.8, 4) is 11.3 Å². The SMILES string of the molecule is Cc1csc(C2NCCn3c(-c4ccccc4)c4c(=O)n(C)c(=O)n(C)c4c32)n1.